The van der Waals surface area contributed by atoms with Crippen molar-refractivity contribution in [3.63, 3.8) is 0 Å². The predicted molar refractivity (Wildman–Crippen MR) is 81.7 cm³/mol. The maximum Gasteiger partial charge on any atom is 0.126 e. The monoisotopic (exact) mass is 317 g/mol. The van der Waals surface area contributed by atoms with E-state index in [4.69, 9.17) is 0 Å². The molecule has 3 rings (SSSR count). The van der Waals surface area contributed by atoms with Gasteiger partial charge in [-0.2, -0.15) is 0 Å². The molecule has 2 aliphatic rings. The summed E-state index contributed by atoms with van der Waals surface area (Å²) in [5.74, 6) is -0.980. The van der Waals surface area contributed by atoms with Crippen LogP contribution in [0, 0.1) is 11.6 Å². The van der Waals surface area contributed by atoms with Gasteiger partial charge in [-0.25, -0.2) is 8.78 Å². The van der Waals surface area contributed by atoms with E-state index in [0.717, 1.165) is 50.9 Å². The molecule has 0 bridgehead atoms. The van der Waals surface area contributed by atoms with Crippen molar-refractivity contribution in [1.82, 2.24) is 15.1 Å². The van der Waals surface area contributed by atoms with E-state index < -0.39 is 11.6 Å². The van der Waals surface area contributed by atoms with E-state index in [-0.39, 0.29) is 12.4 Å². The van der Waals surface area contributed by atoms with Crippen molar-refractivity contribution in [3.8, 4) is 0 Å². The van der Waals surface area contributed by atoms with Gasteiger partial charge in [-0.3, -0.25) is 9.80 Å². The minimum Gasteiger partial charge on any atom is -0.315 e. The van der Waals surface area contributed by atoms with E-state index in [0.29, 0.717) is 12.6 Å². The van der Waals surface area contributed by atoms with Crippen LogP contribution in [0.5, 0.6) is 0 Å². The fourth-order valence-corrected chi connectivity index (χ4v) is 3.20. The number of nitrogens with one attached hydrogen (secondary N) is 1. The Labute approximate surface area is 130 Å². The van der Waals surface area contributed by atoms with E-state index in [1.165, 1.54) is 18.6 Å². The van der Waals surface area contributed by atoms with Crippen LogP contribution in [0.4, 0.5) is 8.78 Å². The summed E-state index contributed by atoms with van der Waals surface area (Å²) in [6.45, 7) is 6.87. The van der Waals surface area contributed by atoms with Gasteiger partial charge in [0.1, 0.15) is 11.6 Å². The Hall–Kier alpha value is -0.750. The van der Waals surface area contributed by atoms with Gasteiger partial charge in [-0.1, -0.05) is 0 Å². The van der Waals surface area contributed by atoms with Gasteiger partial charge >= 0.3 is 0 Å². The third-order valence-corrected chi connectivity index (χ3v) is 4.29. The van der Waals surface area contributed by atoms with Crippen LogP contribution < -0.4 is 5.32 Å². The van der Waals surface area contributed by atoms with Crippen LogP contribution in [0.25, 0.3) is 0 Å². The van der Waals surface area contributed by atoms with Gasteiger partial charge in [0.2, 0.25) is 0 Å². The van der Waals surface area contributed by atoms with Crippen LogP contribution in [0.3, 0.4) is 0 Å². The molecule has 0 saturated carbocycles. The van der Waals surface area contributed by atoms with E-state index in [2.05, 4.69) is 15.1 Å². The van der Waals surface area contributed by atoms with Gasteiger partial charge in [0, 0.05) is 51.4 Å². The molecule has 2 heterocycles. The first-order valence-electron chi connectivity index (χ1n) is 7.33. The summed E-state index contributed by atoms with van der Waals surface area (Å²) < 4.78 is 26.3. The normalized spacial score (nSPS) is 24.0. The lowest BCUT2D eigenvalue weighted by Crippen LogP contribution is -2.50. The first kappa shape index (κ1) is 16.6. The Balaban J connectivity index is 0.00000161. The molecular formula is C15H22ClF2N3. The smallest absolute Gasteiger partial charge is 0.126 e. The Kier molecular flexibility index (Phi) is 5.93. The number of benzene rings is 1. The molecule has 0 spiro atoms. The molecular weight excluding hydrogens is 296 g/mol. The highest BCUT2D eigenvalue weighted by atomic mass is 35.5. The number of halogens is 3. The van der Waals surface area contributed by atoms with Crippen molar-refractivity contribution in [2.45, 2.75) is 19.0 Å². The molecule has 2 saturated heterocycles. The van der Waals surface area contributed by atoms with Crippen molar-refractivity contribution in [2.75, 3.05) is 39.3 Å². The Bertz CT molecular complexity index is 438. The van der Waals surface area contributed by atoms with E-state index in [9.17, 15) is 8.78 Å². The van der Waals surface area contributed by atoms with Crippen LogP contribution in [0.15, 0.2) is 18.2 Å². The molecule has 6 heteroatoms. The highest BCUT2D eigenvalue weighted by molar-refractivity contribution is 5.85. The van der Waals surface area contributed by atoms with Crippen LogP contribution in [-0.2, 0) is 6.54 Å². The average molecular weight is 318 g/mol. The van der Waals surface area contributed by atoms with Gasteiger partial charge in [-0.15, -0.1) is 12.4 Å². The number of hydrogen-bond acceptors (Lipinski definition) is 3. The van der Waals surface area contributed by atoms with E-state index in [1.54, 1.807) is 0 Å². The number of nitrogens with zero attached hydrogens (tertiary/aromatic N) is 2. The van der Waals surface area contributed by atoms with Crippen molar-refractivity contribution in [1.29, 1.82) is 0 Å². The first-order valence-corrected chi connectivity index (χ1v) is 7.33. The summed E-state index contributed by atoms with van der Waals surface area (Å²) >= 11 is 0. The van der Waals surface area contributed by atoms with Crippen molar-refractivity contribution < 1.29 is 8.78 Å². The molecule has 21 heavy (non-hydrogen) atoms. The lowest BCUT2D eigenvalue weighted by Gasteiger charge is -2.37. The second-order valence-corrected chi connectivity index (χ2v) is 5.74. The fraction of sp³-hybridized carbons (Fsp3) is 0.600. The molecule has 1 N–H and O–H groups in total. The van der Waals surface area contributed by atoms with E-state index in [1.807, 2.05) is 0 Å². The molecule has 0 radical (unpaired) electrons. The molecule has 1 atom stereocenters. The number of hydrogen-bond donors (Lipinski definition) is 1. The van der Waals surface area contributed by atoms with Gasteiger partial charge < -0.3 is 5.32 Å². The molecule has 1 aromatic carbocycles. The summed E-state index contributed by atoms with van der Waals surface area (Å²) in [6, 6.07) is 4.45. The summed E-state index contributed by atoms with van der Waals surface area (Å²) in [6.07, 6.45) is 1.23. The Morgan fingerprint density at radius 2 is 1.71 bits per heavy atom. The molecule has 0 aromatic heterocycles. The molecule has 3 nitrogen and oxygen atoms in total. The van der Waals surface area contributed by atoms with Gasteiger partial charge in [-0.05, 0) is 30.7 Å². The van der Waals surface area contributed by atoms with Crippen LogP contribution in [-0.4, -0.2) is 55.1 Å². The first-order chi connectivity index (χ1) is 9.70. The second-order valence-electron chi connectivity index (χ2n) is 5.74. The fourth-order valence-electron chi connectivity index (χ4n) is 3.20. The Morgan fingerprint density at radius 1 is 1.05 bits per heavy atom. The molecule has 0 aliphatic carbocycles. The predicted octanol–water partition coefficient (Wildman–Crippen LogP) is 1.87. The molecule has 2 fully saturated rings. The summed E-state index contributed by atoms with van der Waals surface area (Å²) in [5, 5.41) is 3.39. The summed E-state index contributed by atoms with van der Waals surface area (Å²) in [5.41, 5.74) is 0.721. The molecule has 1 aromatic rings. The standard InChI is InChI=1S/C15H21F2N3.ClH/c16-13-7-12(8-14(17)9-13)11-19-3-5-20(6-4-19)15-1-2-18-10-15;/h7-9,15,18H,1-6,10-11H2;1H. The zero-order valence-electron chi connectivity index (χ0n) is 12.0. The second kappa shape index (κ2) is 7.49. The number of rotatable bonds is 3. The molecule has 118 valence electrons. The number of piperazine rings is 1. The third-order valence-electron chi connectivity index (χ3n) is 4.29. The third kappa shape index (κ3) is 4.36. The lowest BCUT2D eigenvalue weighted by atomic mass is 10.1. The van der Waals surface area contributed by atoms with Crippen molar-refractivity contribution in [2.24, 2.45) is 0 Å². The van der Waals surface area contributed by atoms with Crippen molar-refractivity contribution in [3.05, 3.63) is 35.4 Å². The minimum absolute atomic E-state index is 0. The highest BCUT2D eigenvalue weighted by Crippen LogP contribution is 2.15. The Morgan fingerprint density at radius 3 is 2.29 bits per heavy atom. The van der Waals surface area contributed by atoms with Gasteiger partial charge in [0.25, 0.3) is 0 Å². The van der Waals surface area contributed by atoms with Crippen LogP contribution >= 0.6 is 12.4 Å². The quantitative estimate of drug-likeness (QED) is 0.918. The maximum absolute atomic E-state index is 13.2. The summed E-state index contributed by atoms with van der Waals surface area (Å²) in [4.78, 5) is 4.80. The largest absolute Gasteiger partial charge is 0.315 e. The van der Waals surface area contributed by atoms with Gasteiger partial charge in [0.05, 0.1) is 0 Å². The van der Waals surface area contributed by atoms with Crippen LogP contribution in [0.1, 0.15) is 12.0 Å². The maximum atomic E-state index is 13.2. The average Bonchev–Trinajstić information content (AvgIpc) is 2.92. The molecule has 1 unspecified atom stereocenters. The lowest BCUT2D eigenvalue weighted by molar-refractivity contribution is 0.0980. The molecule has 2 aliphatic heterocycles. The topological polar surface area (TPSA) is 18.5 Å². The molecule has 0 amide bonds. The van der Waals surface area contributed by atoms with Gasteiger partial charge in [0.15, 0.2) is 0 Å². The highest BCUT2D eigenvalue weighted by Gasteiger charge is 2.25. The minimum atomic E-state index is -0.490. The zero-order valence-corrected chi connectivity index (χ0v) is 12.8. The van der Waals surface area contributed by atoms with Crippen LogP contribution in [0.2, 0.25) is 0 Å². The van der Waals surface area contributed by atoms with E-state index >= 15 is 0 Å². The summed E-state index contributed by atoms with van der Waals surface area (Å²) in [7, 11) is 0. The van der Waals surface area contributed by atoms with Crippen molar-refractivity contribution >= 4 is 12.4 Å². The SMILES string of the molecule is Cl.Fc1cc(F)cc(CN2CCN(C3CCNC3)CC2)c1. The zero-order chi connectivity index (χ0) is 13.9.